The summed E-state index contributed by atoms with van der Waals surface area (Å²) in [6.07, 6.45) is 0.911. The minimum atomic E-state index is 0.715. The van der Waals surface area contributed by atoms with E-state index in [-0.39, 0.29) is 0 Å². The molecule has 0 spiro atoms. The molecule has 1 heterocycles. The summed E-state index contributed by atoms with van der Waals surface area (Å²) in [5.41, 5.74) is 3.12. The van der Waals surface area contributed by atoms with E-state index in [0.29, 0.717) is 5.82 Å². The fraction of sp³-hybridized carbons (Fsp3) is 0.333. The van der Waals surface area contributed by atoms with Crippen molar-refractivity contribution in [2.45, 2.75) is 20.3 Å². The highest BCUT2D eigenvalue weighted by Gasteiger charge is 2.12. The molecule has 106 valence electrons. The van der Waals surface area contributed by atoms with E-state index in [4.69, 9.17) is 4.74 Å². The van der Waals surface area contributed by atoms with Gasteiger partial charge in [-0.2, -0.15) is 0 Å². The van der Waals surface area contributed by atoms with Crippen molar-refractivity contribution >= 4 is 21.7 Å². The molecule has 20 heavy (non-hydrogen) atoms. The number of aryl methyl sites for hydroxylation is 1. The van der Waals surface area contributed by atoms with Crippen LogP contribution >= 0.6 is 15.9 Å². The van der Waals surface area contributed by atoms with Crippen LogP contribution in [0.5, 0.6) is 5.75 Å². The highest BCUT2D eigenvalue weighted by molar-refractivity contribution is 9.10. The number of halogens is 1. The summed E-state index contributed by atoms with van der Waals surface area (Å²) in [4.78, 5) is 9.21. The topological polar surface area (TPSA) is 47.0 Å². The molecule has 0 unspecified atom stereocenters. The predicted octanol–water partition coefficient (Wildman–Crippen LogP) is 3.83. The number of methoxy groups -OCH3 is 1. The van der Waals surface area contributed by atoms with Crippen LogP contribution in [0.3, 0.4) is 0 Å². The minimum Gasteiger partial charge on any atom is -0.496 e. The van der Waals surface area contributed by atoms with Gasteiger partial charge in [-0.25, -0.2) is 9.97 Å². The van der Waals surface area contributed by atoms with Gasteiger partial charge in [-0.1, -0.05) is 6.92 Å². The van der Waals surface area contributed by atoms with Gasteiger partial charge < -0.3 is 10.1 Å². The van der Waals surface area contributed by atoms with Crippen molar-refractivity contribution in [3.05, 3.63) is 33.9 Å². The second-order valence-corrected chi connectivity index (χ2v) is 5.27. The molecule has 4 nitrogen and oxygen atoms in total. The summed E-state index contributed by atoms with van der Waals surface area (Å²) in [6.45, 7) is 4.12. The van der Waals surface area contributed by atoms with Gasteiger partial charge in [0.25, 0.3) is 0 Å². The summed E-state index contributed by atoms with van der Waals surface area (Å²) >= 11 is 3.49. The van der Waals surface area contributed by atoms with E-state index in [9.17, 15) is 0 Å². The van der Waals surface area contributed by atoms with Crippen molar-refractivity contribution in [3.8, 4) is 17.1 Å². The van der Waals surface area contributed by atoms with Crippen molar-refractivity contribution in [1.29, 1.82) is 0 Å². The van der Waals surface area contributed by atoms with Gasteiger partial charge >= 0.3 is 0 Å². The second-order valence-electron chi connectivity index (χ2n) is 4.41. The first-order valence-corrected chi connectivity index (χ1v) is 7.29. The van der Waals surface area contributed by atoms with Crippen molar-refractivity contribution in [1.82, 2.24) is 9.97 Å². The summed E-state index contributed by atoms with van der Waals surface area (Å²) in [7, 11) is 3.53. The number of nitrogens with zero attached hydrogens (tertiary/aromatic N) is 2. The van der Waals surface area contributed by atoms with Crippen LogP contribution in [0, 0.1) is 6.92 Å². The van der Waals surface area contributed by atoms with Crippen LogP contribution in [0.2, 0.25) is 0 Å². The summed E-state index contributed by atoms with van der Waals surface area (Å²) in [5.74, 6) is 2.40. The molecule has 0 bridgehead atoms. The lowest BCUT2D eigenvalue weighted by Gasteiger charge is -2.12. The Hall–Kier alpha value is -1.62. The first kappa shape index (κ1) is 14.8. The monoisotopic (exact) mass is 335 g/mol. The lowest BCUT2D eigenvalue weighted by molar-refractivity contribution is 0.412. The number of hydrogen-bond donors (Lipinski definition) is 1. The molecule has 1 aromatic heterocycles. The van der Waals surface area contributed by atoms with Crippen LogP contribution < -0.4 is 10.1 Å². The van der Waals surface area contributed by atoms with Crippen LogP contribution in [0.25, 0.3) is 11.4 Å². The zero-order valence-electron chi connectivity index (χ0n) is 12.1. The van der Waals surface area contributed by atoms with Gasteiger partial charge in [-0.15, -0.1) is 0 Å². The van der Waals surface area contributed by atoms with Gasteiger partial charge in [0, 0.05) is 23.9 Å². The third-order valence-electron chi connectivity index (χ3n) is 3.21. The molecule has 1 N–H and O–H groups in total. The molecule has 0 saturated heterocycles. The van der Waals surface area contributed by atoms with Gasteiger partial charge in [-0.3, -0.25) is 0 Å². The number of rotatable bonds is 4. The van der Waals surface area contributed by atoms with E-state index in [1.54, 1.807) is 7.11 Å². The standard InChI is InChI=1S/C15H18BrN3O/c1-5-11-9(2)18-14(19-15(11)17-3)10-6-7-13(20-4)12(16)8-10/h6-8H,5H2,1-4H3,(H,17,18,19). The molecule has 0 amide bonds. The molecule has 0 atom stereocenters. The van der Waals surface area contributed by atoms with Gasteiger partial charge in [0.05, 0.1) is 11.6 Å². The van der Waals surface area contributed by atoms with E-state index in [2.05, 4.69) is 38.1 Å². The van der Waals surface area contributed by atoms with Crippen LogP contribution in [-0.2, 0) is 6.42 Å². The second kappa shape index (κ2) is 6.22. The molecule has 0 fully saturated rings. The molecular formula is C15H18BrN3O. The first-order chi connectivity index (χ1) is 9.60. The maximum Gasteiger partial charge on any atom is 0.161 e. The molecular weight excluding hydrogens is 318 g/mol. The Morgan fingerprint density at radius 2 is 2.05 bits per heavy atom. The van der Waals surface area contributed by atoms with E-state index < -0.39 is 0 Å². The van der Waals surface area contributed by atoms with E-state index in [1.807, 2.05) is 32.2 Å². The Kier molecular flexibility index (Phi) is 4.60. The number of nitrogens with one attached hydrogen (secondary N) is 1. The Labute approximate surface area is 127 Å². The van der Waals surface area contributed by atoms with Crippen molar-refractivity contribution in [2.75, 3.05) is 19.5 Å². The summed E-state index contributed by atoms with van der Waals surface area (Å²) in [5, 5.41) is 3.15. The van der Waals surface area contributed by atoms with Gasteiger partial charge in [0.15, 0.2) is 5.82 Å². The summed E-state index contributed by atoms with van der Waals surface area (Å²) < 4.78 is 6.13. The molecule has 0 aliphatic heterocycles. The van der Waals surface area contributed by atoms with Gasteiger partial charge in [0.2, 0.25) is 0 Å². The average molecular weight is 336 g/mol. The highest BCUT2D eigenvalue weighted by atomic mass is 79.9. The Bertz CT molecular complexity index is 629. The first-order valence-electron chi connectivity index (χ1n) is 6.49. The highest BCUT2D eigenvalue weighted by Crippen LogP contribution is 2.30. The summed E-state index contributed by atoms with van der Waals surface area (Å²) in [6, 6.07) is 5.84. The number of ether oxygens (including phenoxy) is 1. The number of hydrogen-bond acceptors (Lipinski definition) is 4. The number of aromatic nitrogens is 2. The molecule has 2 rings (SSSR count). The molecule has 1 aromatic carbocycles. The minimum absolute atomic E-state index is 0.715. The van der Waals surface area contributed by atoms with Crippen LogP contribution in [-0.4, -0.2) is 24.1 Å². The largest absolute Gasteiger partial charge is 0.496 e. The lowest BCUT2D eigenvalue weighted by atomic mass is 10.1. The fourth-order valence-corrected chi connectivity index (χ4v) is 2.70. The fourth-order valence-electron chi connectivity index (χ4n) is 2.16. The number of anilines is 1. The van der Waals surface area contributed by atoms with Crippen molar-refractivity contribution < 1.29 is 4.74 Å². The number of benzene rings is 1. The maximum absolute atomic E-state index is 5.24. The molecule has 2 aromatic rings. The lowest BCUT2D eigenvalue weighted by Crippen LogP contribution is -2.05. The van der Waals surface area contributed by atoms with Gasteiger partial charge in [0.1, 0.15) is 11.6 Å². The van der Waals surface area contributed by atoms with Crippen molar-refractivity contribution in [2.24, 2.45) is 0 Å². The Morgan fingerprint density at radius 1 is 1.30 bits per heavy atom. The molecule has 0 saturated carbocycles. The van der Waals surface area contributed by atoms with E-state index in [1.165, 1.54) is 0 Å². The molecule has 0 aliphatic carbocycles. The molecule has 0 radical (unpaired) electrons. The van der Waals surface area contributed by atoms with Crippen molar-refractivity contribution in [3.63, 3.8) is 0 Å². The normalized spacial score (nSPS) is 10.4. The maximum atomic E-state index is 5.24. The predicted molar refractivity (Wildman–Crippen MR) is 85.4 cm³/mol. The Morgan fingerprint density at radius 3 is 2.60 bits per heavy atom. The Balaban J connectivity index is 2.53. The molecule has 0 aliphatic rings. The smallest absolute Gasteiger partial charge is 0.161 e. The zero-order chi connectivity index (χ0) is 14.7. The quantitative estimate of drug-likeness (QED) is 0.922. The van der Waals surface area contributed by atoms with Crippen LogP contribution in [0.4, 0.5) is 5.82 Å². The van der Waals surface area contributed by atoms with Crippen LogP contribution in [0.1, 0.15) is 18.2 Å². The average Bonchev–Trinajstić information content (AvgIpc) is 2.46. The van der Waals surface area contributed by atoms with E-state index in [0.717, 1.165) is 39.3 Å². The molecule has 5 heteroatoms. The third kappa shape index (κ3) is 2.77. The SMILES string of the molecule is CCc1c(C)nc(-c2ccc(OC)c(Br)c2)nc1NC. The zero-order valence-corrected chi connectivity index (χ0v) is 13.7. The van der Waals surface area contributed by atoms with Crippen LogP contribution in [0.15, 0.2) is 22.7 Å². The van der Waals surface area contributed by atoms with Gasteiger partial charge in [-0.05, 0) is 47.5 Å². The van der Waals surface area contributed by atoms with E-state index >= 15 is 0 Å². The third-order valence-corrected chi connectivity index (χ3v) is 3.83.